The lowest BCUT2D eigenvalue weighted by Gasteiger charge is -2.09. The number of nitriles is 1. The number of ether oxygens (including phenoxy) is 2. The van der Waals surface area contributed by atoms with Gasteiger partial charge in [-0.1, -0.05) is 41.6 Å². The lowest BCUT2D eigenvalue weighted by atomic mass is 10.1. The number of rotatable bonds is 10. The van der Waals surface area contributed by atoms with Crippen LogP contribution in [0, 0.1) is 11.3 Å². The van der Waals surface area contributed by atoms with E-state index in [4.69, 9.17) is 14.5 Å². The minimum absolute atomic E-state index is 0.0853. The molecule has 0 bridgehead atoms. The fourth-order valence-electron chi connectivity index (χ4n) is 4.24. The number of aromatic nitrogens is 6. The number of carbonyl (C=O) groups is 1. The maximum absolute atomic E-state index is 12.2. The molecule has 0 aliphatic rings. The summed E-state index contributed by atoms with van der Waals surface area (Å²) in [6, 6.07) is 24.6. The average molecular weight is 547 g/mol. The monoisotopic (exact) mass is 546 g/mol. The summed E-state index contributed by atoms with van der Waals surface area (Å²) in [7, 11) is 3.09. The van der Waals surface area contributed by atoms with Gasteiger partial charge in [0.1, 0.15) is 18.1 Å². The summed E-state index contributed by atoms with van der Waals surface area (Å²) in [5.74, 6) is 0.508. The van der Waals surface area contributed by atoms with Crippen molar-refractivity contribution >= 4 is 11.9 Å². The first-order chi connectivity index (χ1) is 20.0. The van der Waals surface area contributed by atoms with E-state index in [0.29, 0.717) is 41.2 Å². The van der Waals surface area contributed by atoms with Crippen molar-refractivity contribution in [1.82, 2.24) is 29.9 Å². The molecule has 0 fully saturated rings. The lowest BCUT2D eigenvalue weighted by Crippen LogP contribution is -2.19. The molecule has 1 amide bonds. The molecule has 0 saturated carbocycles. The zero-order chi connectivity index (χ0) is 28.6. The van der Waals surface area contributed by atoms with Gasteiger partial charge in [-0.25, -0.2) is 14.6 Å². The number of nitrogens with zero attached hydrogens (tertiary/aromatic N) is 7. The van der Waals surface area contributed by atoms with Gasteiger partial charge in [-0.3, -0.25) is 15.1 Å². The Bertz CT molecular complexity index is 1730. The number of benzene rings is 2. The summed E-state index contributed by atoms with van der Waals surface area (Å²) < 4.78 is 12.1. The summed E-state index contributed by atoms with van der Waals surface area (Å²) in [5.41, 5.74) is 5.40. The van der Waals surface area contributed by atoms with Gasteiger partial charge in [0.25, 0.3) is 5.91 Å². The van der Waals surface area contributed by atoms with Gasteiger partial charge in [-0.05, 0) is 36.4 Å². The Hall–Kier alpha value is -5.47. The first-order valence-electron chi connectivity index (χ1n) is 12.7. The maximum Gasteiger partial charge on any atom is 0.252 e. The second-order valence-electron chi connectivity index (χ2n) is 9.05. The second kappa shape index (κ2) is 12.6. The molecule has 0 spiro atoms. The van der Waals surface area contributed by atoms with Gasteiger partial charge in [-0.2, -0.15) is 5.26 Å². The quantitative estimate of drug-likeness (QED) is 0.276. The van der Waals surface area contributed by atoms with E-state index in [9.17, 15) is 10.1 Å². The number of methoxy groups -OCH3 is 2. The second-order valence-corrected chi connectivity index (χ2v) is 9.05. The molecule has 0 radical (unpaired) electrons. The Labute approximate surface area is 236 Å². The third-order valence-electron chi connectivity index (χ3n) is 6.09. The zero-order valence-corrected chi connectivity index (χ0v) is 22.5. The van der Waals surface area contributed by atoms with E-state index < -0.39 is 5.91 Å². The fraction of sp³-hybridized carbons (Fsp3) is 0.167. The summed E-state index contributed by atoms with van der Waals surface area (Å²) in [6.45, 7) is 0.249. The molecule has 0 atom stereocenters. The van der Waals surface area contributed by atoms with Crippen molar-refractivity contribution < 1.29 is 14.3 Å². The van der Waals surface area contributed by atoms with Crippen LogP contribution in [0.2, 0.25) is 0 Å². The molecule has 204 valence electrons. The molecular formula is C30H26N8O3. The number of carbonyl (C=O) groups excluding carboxylic acids is 1. The molecule has 11 nitrogen and oxygen atoms in total. The first kappa shape index (κ1) is 27.1. The lowest BCUT2D eigenvalue weighted by molar-refractivity contribution is -0.119. The van der Waals surface area contributed by atoms with E-state index in [1.807, 2.05) is 48.5 Å². The standard InChI is InChI=1S/C30H26N8O3/c1-40-19-29(39)35-30-33-25(21-9-5-7-20(13-21)16-31)15-26(34-30)27-18-38(37-36-27)17-24-11-6-10-23(32-24)14-22-8-3-4-12-28(22)41-2/h3-13,15,18H,14,17,19H2,1-2H3,(H,33,34,35,39). The Morgan fingerprint density at radius 1 is 0.927 bits per heavy atom. The number of anilines is 1. The van der Waals surface area contributed by atoms with Crippen molar-refractivity contribution in [2.75, 3.05) is 26.1 Å². The topological polar surface area (TPSA) is 141 Å². The van der Waals surface area contributed by atoms with Crippen molar-refractivity contribution in [3.63, 3.8) is 0 Å². The van der Waals surface area contributed by atoms with Crippen LogP contribution in [-0.4, -0.2) is 56.7 Å². The van der Waals surface area contributed by atoms with Gasteiger partial charge in [0.15, 0.2) is 0 Å². The molecule has 2 aromatic carbocycles. The summed E-state index contributed by atoms with van der Waals surface area (Å²) in [6.07, 6.45) is 2.39. The average Bonchev–Trinajstić information content (AvgIpc) is 3.46. The van der Waals surface area contributed by atoms with Crippen LogP contribution in [0.25, 0.3) is 22.6 Å². The molecular weight excluding hydrogens is 520 g/mol. The molecule has 11 heteroatoms. The number of hydrogen-bond donors (Lipinski definition) is 1. The summed E-state index contributed by atoms with van der Waals surface area (Å²) in [4.78, 5) is 25.9. The Morgan fingerprint density at radius 3 is 2.56 bits per heavy atom. The van der Waals surface area contributed by atoms with E-state index in [1.54, 1.807) is 42.3 Å². The predicted molar refractivity (Wildman–Crippen MR) is 151 cm³/mol. The fourth-order valence-corrected chi connectivity index (χ4v) is 4.24. The Kier molecular flexibility index (Phi) is 8.32. The van der Waals surface area contributed by atoms with Crippen LogP contribution >= 0.6 is 0 Å². The first-order valence-corrected chi connectivity index (χ1v) is 12.7. The van der Waals surface area contributed by atoms with Gasteiger partial charge < -0.3 is 9.47 Å². The van der Waals surface area contributed by atoms with Crippen molar-refractivity contribution in [3.8, 4) is 34.5 Å². The maximum atomic E-state index is 12.2. The van der Waals surface area contributed by atoms with Crippen molar-refractivity contribution in [2.24, 2.45) is 0 Å². The summed E-state index contributed by atoms with van der Waals surface area (Å²) >= 11 is 0. The SMILES string of the molecule is COCC(=O)Nc1nc(-c2cccc(C#N)c2)cc(-c2cn(Cc3cccc(Cc4ccccc4OC)n3)nn2)n1. The van der Waals surface area contributed by atoms with E-state index in [1.165, 1.54) is 7.11 Å². The van der Waals surface area contributed by atoms with Crippen molar-refractivity contribution in [2.45, 2.75) is 13.0 Å². The number of nitrogens with one attached hydrogen (secondary N) is 1. The van der Waals surface area contributed by atoms with E-state index in [2.05, 4.69) is 31.7 Å². The highest BCUT2D eigenvalue weighted by Crippen LogP contribution is 2.25. The van der Waals surface area contributed by atoms with Crippen LogP contribution in [0.15, 0.2) is 79.0 Å². The van der Waals surface area contributed by atoms with Crippen LogP contribution in [0.3, 0.4) is 0 Å². The minimum Gasteiger partial charge on any atom is -0.496 e. The van der Waals surface area contributed by atoms with E-state index in [0.717, 1.165) is 22.7 Å². The summed E-state index contributed by atoms with van der Waals surface area (Å²) in [5, 5.41) is 20.6. The Balaban J connectivity index is 1.41. The highest BCUT2D eigenvalue weighted by molar-refractivity contribution is 5.90. The zero-order valence-electron chi connectivity index (χ0n) is 22.5. The third-order valence-corrected chi connectivity index (χ3v) is 6.09. The minimum atomic E-state index is -0.399. The van der Waals surface area contributed by atoms with Crippen LogP contribution in [0.1, 0.15) is 22.5 Å². The number of pyridine rings is 1. The molecule has 1 N–H and O–H groups in total. The van der Waals surface area contributed by atoms with Gasteiger partial charge in [0.05, 0.1) is 48.6 Å². The van der Waals surface area contributed by atoms with Gasteiger partial charge in [0, 0.05) is 30.4 Å². The third kappa shape index (κ3) is 6.76. The normalized spacial score (nSPS) is 10.7. The molecule has 5 rings (SSSR count). The number of hydrogen-bond acceptors (Lipinski definition) is 9. The van der Waals surface area contributed by atoms with Crippen molar-refractivity contribution in [3.05, 3.63) is 102 Å². The molecule has 0 saturated heterocycles. The molecule has 3 aromatic heterocycles. The van der Waals surface area contributed by atoms with Gasteiger partial charge >= 0.3 is 0 Å². The molecule has 5 aromatic rings. The van der Waals surface area contributed by atoms with Crippen LogP contribution in [-0.2, 0) is 22.5 Å². The van der Waals surface area contributed by atoms with Gasteiger partial charge in [0.2, 0.25) is 5.95 Å². The van der Waals surface area contributed by atoms with E-state index >= 15 is 0 Å². The molecule has 41 heavy (non-hydrogen) atoms. The van der Waals surface area contributed by atoms with Gasteiger partial charge in [-0.15, -0.1) is 5.10 Å². The molecule has 0 aliphatic carbocycles. The van der Waals surface area contributed by atoms with Crippen molar-refractivity contribution in [1.29, 1.82) is 5.26 Å². The van der Waals surface area contributed by atoms with Crippen LogP contribution in [0.4, 0.5) is 5.95 Å². The number of amides is 1. The van der Waals surface area contributed by atoms with Crippen LogP contribution < -0.4 is 10.1 Å². The predicted octanol–water partition coefficient (Wildman–Crippen LogP) is 3.90. The highest BCUT2D eigenvalue weighted by Gasteiger charge is 2.14. The van der Waals surface area contributed by atoms with Crippen LogP contribution in [0.5, 0.6) is 5.75 Å². The number of para-hydroxylation sites is 1. The largest absolute Gasteiger partial charge is 0.496 e. The van der Waals surface area contributed by atoms with E-state index in [-0.39, 0.29) is 12.6 Å². The molecule has 3 heterocycles. The molecule has 0 unspecified atom stereocenters. The Morgan fingerprint density at radius 2 is 1.73 bits per heavy atom. The smallest absolute Gasteiger partial charge is 0.252 e. The highest BCUT2D eigenvalue weighted by atomic mass is 16.5. The molecule has 0 aliphatic heterocycles.